The van der Waals surface area contributed by atoms with Crippen LogP contribution in [0.4, 0.5) is 0 Å². The molecule has 9 rings (SSSR count). The minimum Gasteiger partial charge on any atom is -0.456 e. The number of hydrogen-bond donors (Lipinski definition) is 0. The van der Waals surface area contributed by atoms with Crippen LogP contribution in [-0.2, 0) is 0 Å². The van der Waals surface area contributed by atoms with Gasteiger partial charge in [-0.25, -0.2) is 0 Å². The Bertz CT molecular complexity index is 3550. The smallest absolute Gasteiger partial charge is 0.136 e. The molecule has 0 amide bonds. The topological polar surface area (TPSA) is 13.1 Å². The predicted molar refractivity (Wildman–Crippen MR) is 190 cm³/mol. The van der Waals surface area contributed by atoms with Crippen LogP contribution < -0.4 is 0 Å². The molecule has 1 heterocycles. The summed E-state index contributed by atoms with van der Waals surface area (Å²) in [5, 5.41) is 0.765. The van der Waals surface area contributed by atoms with Crippen LogP contribution in [0.3, 0.4) is 0 Å². The Balaban J connectivity index is 1.39. The molecule has 1 aromatic heterocycles. The molecule has 0 saturated heterocycles. The van der Waals surface area contributed by atoms with Gasteiger partial charge in [-0.3, -0.25) is 0 Å². The quantitative estimate of drug-likeness (QED) is 0.185. The fourth-order valence-electron chi connectivity index (χ4n) is 5.65. The maximum absolute atomic E-state index is 9.63. The van der Waals surface area contributed by atoms with Gasteiger partial charge in [-0.15, -0.1) is 0 Å². The van der Waals surface area contributed by atoms with Crippen molar-refractivity contribution in [1.82, 2.24) is 0 Å². The first-order valence-electron chi connectivity index (χ1n) is 23.8. The summed E-state index contributed by atoms with van der Waals surface area (Å²) in [6, 6.07) is -0.0257. The number of rotatable bonds is 4. The molecule has 0 fully saturated rings. The van der Waals surface area contributed by atoms with Crippen molar-refractivity contribution in [3.05, 3.63) is 169 Å². The van der Waals surface area contributed by atoms with E-state index in [0.717, 1.165) is 0 Å². The second-order valence-electron chi connectivity index (χ2n) is 10.1. The average molecular weight is 593 g/mol. The van der Waals surface area contributed by atoms with Crippen LogP contribution in [0.25, 0.3) is 88.0 Å². The molecule has 45 heavy (non-hydrogen) atoms. The van der Waals surface area contributed by atoms with Crippen molar-refractivity contribution in [3.63, 3.8) is 0 Å². The van der Waals surface area contributed by atoms with Crippen molar-refractivity contribution < 1.29 is 31.8 Å². The molecule has 0 atom stereocenters. The summed E-state index contributed by atoms with van der Waals surface area (Å²) < 4.78 is 181. The van der Waals surface area contributed by atoms with Crippen LogP contribution in [0.5, 0.6) is 0 Å². The lowest BCUT2D eigenvalue weighted by Crippen LogP contribution is -1.91. The van der Waals surface area contributed by atoms with Gasteiger partial charge in [-0.1, -0.05) is 139 Å². The summed E-state index contributed by atoms with van der Waals surface area (Å²) >= 11 is 0. The van der Waals surface area contributed by atoms with E-state index in [9.17, 15) is 5.48 Å². The highest BCUT2D eigenvalue weighted by atomic mass is 16.3. The molecule has 0 aliphatic heterocycles. The van der Waals surface area contributed by atoms with Gasteiger partial charge in [0.25, 0.3) is 0 Å². The third kappa shape index (κ3) is 4.24. The SMILES string of the molecule is [2H]c1c([2H])c([2H])c(-c2c([2H])c([2H])c([2H])c(-c3c4ccccc4c(-c4c([2H])c([2H])c5c(oc6c([2H])c(-c7c([2H])c([2H])c([2H])c([2H])c7[2H])c([2H])c([2H])c65)c4[2H])c4ccccc34)c2[2H])c([2H])c1[2H]. The van der Waals surface area contributed by atoms with Crippen molar-refractivity contribution >= 4 is 43.5 Å². The van der Waals surface area contributed by atoms with E-state index in [1.54, 1.807) is 48.5 Å². The van der Waals surface area contributed by atoms with Crippen molar-refractivity contribution in [2.75, 3.05) is 0 Å². The van der Waals surface area contributed by atoms with Gasteiger partial charge in [-0.05, 0) is 96.3 Å². The third-order valence-corrected chi connectivity index (χ3v) is 7.57. The zero-order valence-electron chi connectivity index (χ0n) is 43.0. The first kappa shape index (κ1) is 12.6. The number of furan rings is 1. The van der Waals surface area contributed by atoms with E-state index in [4.69, 9.17) is 26.3 Å². The summed E-state index contributed by atoms with van der Waals surface area (Å²) in [4.78, 5) is 0. The summed E-state index contributed by atoms with van der Waals surface area (Å²) in [6.07, 6.45) is 0. The Morgan fingerprint density at radius 2 is 0.733 bits per heavy atom. The molecular weight excluding hydrogens is 544 g/mol. The lowest BCUT2D eigenvalue weighted by molar-refractivity contribution is 0.669. The predicted octanol–water partition coefficient (Wildman–Crippen LogP) is 12.6. The van der Waals surface area contributed by atoms with Gasteiger partial charge in [-0.2, -0.15) is 0 Å². The maximum atomic E-state index is 9.63. The zero-order valence-corrected chi connectivity index (χ0v) is 23.0. The van der Waals surface area contributed by atoms with Crippen LogP contribution in [0.2, 0.25) is 0 Å². The molecule has 210 valence electrons. The number of hydrogen-bond acceptors (Lipinski definition) is 1. The maximum Gasteiger partial charge on any atom is 0.136 e. The monoisotopic (exact) mass is 592 g/mol. The Labute approximate surface area is 289 Å². The molecule has 1 heteroatoms. The largest absolute Gasteiger partial charge is 0.456 e. The molecule has 0 aliphatic rings. The molecule has 0 saturated carbocycles. The van der Waals surface area contributed by atoms with E-state index in [1.165, 1.54) is 0 Å². The summed E-state index contributed by atoms with van der Waals surface area (Å²) in [5.41, 5.74) is -2.67. The molecular formula is C44H28O. The van der Waals surface area contributed by atoms with Crippen LogP contribution >= 0.6 is 0 Å². The number of fused-ring (bicyclic) bond motifs is 5. The van der Waals surface area contributed by atoms with Crippen LogP contribution in [-0.4, -0.2) is 0 Å². The zero-order chi connectivity index (χ0) is 47.1. The highest BCUT2D eigenvalue weighted by molar-refractivity contribution is 6.22. The molecule has 0 bridgehead atoms. The summed E-state index contributed by atoms with van der Waals surface area (Å²) in [5.74, 6) is 0. The minimum atomic E-state index is -0.729. The Kier molecular flexibility index (Phi) is 2.90. The minimum absolute atomic E-state index is 0.143. The van der Waals surface area contributed by atoms with Gasteiger partial charge in [0.15, 0.2) is 0 Å². The Morgan fingerprint density at radius 3 is 1.27 bits per heavy atom. The molecule has 0 radical (unpaired) electrons. The molecule has 0 N–H and O–H groups in total. The van der Waals surface area contributed by atoms with E-state index in [2.05, 4.69) is 0 Å². The normalized spacial score (nSPS) is 17.8. The lowest BCUT2D eigenvalue weighted by Gasteiger charge is -2.18. The van der Waals surface area contributed by atoms with E-state index in [1.807, 2.05) is 0 Å². The van der Waals surface area contributed by atoms with Crippen molar-refractivity contribution in [1.29, 1.82) is 0 Å². The van der Waals surface area contributed by atoms with Crippen LogP contribution in [0.1, 0.15) is 27.4 Å². The van der Waals surface area contributed by atoms with E-state index in [-0.39, 0.29) is 38.6 Å². The fraction of sp³-hybridized carbons (Fsp3) is 0. The van der Waals surface area contributed by atoms with Gasteiger partial charge < -0.3 is 4.42 Å². The first-order valence-corrected chi connectivity index (χ1v) is 13.8. The van der Waals surface area contributed by atoms with Crippen LogP contribution in [0.15, 0.2) is 174 Å². The van der Waals surface area contributed by atoms with Crippen LogP contribution in [0, 0.1) is 0 Å². The highest BCUT2D eigenvalue weighted by Gasteiger charge is 2.18. The van der Waals surface area contributed by atoms with E-state index >= 15 is 0 Å². The summed E-state index contributed by atoms with van der Waals surface area (Å²) in [6.45, 7) is 0. The summed E-state index contributed by atoms with van der Waals surface area (Å²) in [7, 11) is 0. The van der Waals surface area contributed by atoms with Gasteiger partial charge in [0.1, 0.15) is 11.2 Å². The first-order chi connectivity index (χ1) is 30.7. The highest BCUT2D eigenvalue weighted by Crippen LogP contribution is 2.45. The standard InChI is InChI=1S/C44H28O/c1-3-12-29(13-4-1)31-16-11-17-33(26-31)43-37-18-7-9-20-39(37)44(40-21-10-8-19-38(40)43)34-23-25-36-35-24-22-32(30-14-5-2-6-15-30)27-41(35)45-42(36)28-34/h1-28H/i1D,2D,3D,4D,5D,6D,11D,12D,13D,14D,15D,16D,17D,22D,23D,24D,25D,26D,27D,28D. The molecule has 0 spiro atoms. The van der Waals surface area contributed by atoms with Gasteiger partial charge in [0, 0.05) is 10.8 Å². The van der Waals surface area contributed by atoms with Crippen molar-refractivity contribution in [2.24, 2.45) is 0 Å². The van der Waals surface area contributed by atoms with Gasteiger partial charge >= 0.3 is 0 Å². The Morgan fingerprint density at radius 1 is 0.333 bits per heavy atom. The van der Waals surface area contributed by atoms with E-state index < -0.39 is 149 Å². The van der Waals surface area contributed by atoms with Gasteiger partial charge in [0.2, 0.25) is 0 Å². The second-order valence-corrected chi connectivity index (χ2v) is 10.1. The van der Waals surface area contributed by atoms with Crippen molar-refractivity contribution in [2.45, 2.75) is 0 Å². The van der Waals surface area contributed by atoms with Gasteiger partial charge in [0.05, 0.1) is 27.4 Å². The molecule has 1 nitrogen and oxygen atoms in total. The lowest BCUT2D eigenvalue weighted by atomic mass is 9.85. The Hall–Kier alpha value is -5.92. The second kappa shape index (κ2) is 10.4. The third-order valence-electron chi connectivity index (χ3n) is 7.57. The fourth-order valence-corrected chi connectivity index (χ4v) is 5.65. The molecule has 0 aliphatic carbocycles. The molecule has 8 aromatic carbocycles. The average Bonchev–Trinajstić information content (AvgIpc) is 3.71. The molecule has 9 aromatic rings. The van der Waals surface area contributed by atoms with Crippen molar-refractivity contribution in [3.8, 4) is 44.5 Å². The molecule has 0 unspecified atom stereocenters. The number of benzene rings is 8. The van der Waals surface area contributed by atoms with E-state index in [0.29, 0.717) is 21.5 Å².